The van der Waals surface area contributed by atoms with Gasteiger partial charge in [-0.1, -0.05) is 56.8 Å². The molecule has 0 heterocycles. The monoisotopic (exact) mass is 401 g/mol. The highest BCUT2D eigenvalue weighted by Crippen LogP contribution is 2.32. The summed E-state index contributed by atoms with van der Waals surface area (Å²) in [4.78, 5) is 12.6. The van der Waals surface area contributed by atoms with Gasteiger partial charge in [-0.2, -0.15) is 5.26 Å². The van der Waals surface area contributed by atoms with Crippen LogP contribution in [0.2, 0.25) is 15.1 Å². The lowest BCUT2D eigenvalue weighted by atomic mass is 9.92. The predicted molar refractivity (Wildman–Crippen MR) is 88.3 cm³/mol. The normalized spacial score (nSPS) is 11.8. The van der Waals surface area contributed by atoms with Crippen LogP contribution in [0.5, 0.6) is 0 Å². The molecule has 1 atom stereocenters. The number of halogens is 4. The number of nitrogens with zero attached hydrogens (tertiary/aromatic N) is 1. The number of ketones is 1. The molecule has 0 saturated carbocycles. The Kier molecular flexibility index (Phi) is 5.29. The quantitative estimate of drug-likeness (QED) is 0.599. The number of Topliss-reactive ketones (excluding diaryl/α,β-unsaturated/α-hetero) is 1. The third-order valence-corrected chi connectivity index (χ3v) is 4.35. The van der Waals surface area contributed by atoms with E-state index >= 15 is 0 Å². The molecule has 0 spiro atoms. The van der Waals surface area contributed by atoms with E-state index in [1.54, 1.807) is 24.3 Å². The molecule has 0 aliphatic heterocycles. The van der Waals surface area contributed by atoms with Crippen LogP contribution < -0.4 is 0 Å². The summed E-state index contributed by atoms with van der Waals surface area (Å²) in [5.41, 5.74) is 0.750. The summed E-state index contributed by atoms with van der Waals surface area (Å²) in [7, 11) is 0. The van der Waals surface area contributed by atoms with Crippen LogP contribution in [0.25, 0.3) is 0 Å². The zero-order valence-electron chi connectivity index (χ0n) is 10.4. The largest absolute Gasteiger partial charge is 0.292 e. The highest BCUT2D eigenvalue weighted by Gasteiger charge is 2.25. The Morgan fingerprint density at radius 1 is 1.10 bits per heavy atom. The first kappa shape index (κ1) is 16.3. The van der Waals surface area contributed by atoms with Gasteiger partial charge in [-0.05, 0) is 35.9 Å². The smallest absolute Gasteiger partial charge is 0.185 e. The summed E-state index contributed by atoms with van der Waals surface area (Å²) in [6, 6.07) is 11.5. The average molecular weight is 403 g/mol. The number of carbonyl (C=O) groups is 1. The molecule has 1 unspecified atom stereocenters. The molecule has 0 aliphatic rings. The second-order valence-corrected chi connectivity index (χ2v) is 6.35. The first-order chi connectivity index (χ1) is 9.93. The van der Waals surface area contributed by atoms with Crippen LogP contribution in [0.15, 0.2) is 40.9 Å². The van der Waals surface area contributed by atoms with Gasteiger partial charge in [-0.25, -0.2) is 0 Å². The van der Waals surface area contributed by atoms with E-state index in [0.29, 0.717) is 25.6 Å². The first-order valence-electron chi connectivity index (χ1n) is 5.78. The average Bonchev–Trinajstić information content (AvgIpc) is 2.44. The lowest BCUT2D eigenvalue weighted by molar-refractivity contribution is 0.0978. The van der Waals surface area contributed by atoms with E-state index in [2.05, 4.69) is 15.9 Å². The van der Waals surface area contributed by atoms with Gasteiger partial charge in [0.2, 0.25) is 0 Å². The highest BCUT2D eigenvalue weighted by molar-refractivity contribution is 9.10. The minimum Gasteiger partial charge on any atom is -0.292 e. The molecule has 21 heavy (non-hydrogen) atoms. The Hall–Kier alpha value is -1.05. The third-order valence-electron chi connectivity index (χ3n) is 2.86. The Labute approximate surface area is 145 Å². The molecule has 2 rings (SSSR count). The van der Waals surface area contributed by atoms with E-state index < -0.39 is 5.92 Å². The molecule has 6 heteroatoms. The van der Waals surface area contributed by atoms with Crippen LogP contribution in [0.1, 0.15) is 21.8 Å². The Morgan fingerprint density at radius 2 is 1.71 bits per heavy atom. The molecule has 0 bridgehead atoms. The van der Waals surface area contributed by atoms with Gasteiger partial charge >= 0.3 is 0 Å². The van der Waals surface area contributed by atoms with E-state index in [1.165, 1.54) is 12.1 Å². The van der Waals surface area contributed by atoms with E-state index in [-0.39, 0.29) is 10.8 Å². The van der Waals surface area contributed by atoms with Gasteiger partial charge in [0.25, 0.3) is 0 Å². The number of hydrogen-bond acceptors (Lipinski definition) is 2. The van der Waals surface area contributed by atoms with Crippen molar-refractivity contribution in [1.29, 1.82) is 5.26 Å². The van der Waals surface area contributed by atoms with E-state index in [1.807, 2.05) is 6.07 Å². The Morgan fingerprint density at radius 3 is 2.33 bits per heavy atom. The number of nitriles is 1. The molecule has 106 valence electrons. The van der Waals surface area contributed by atoms with Crippen molar-refractivity contribution in [3.05, 3.63) is 67.1 Å². The second-order valence-electron chi connectivity index (χ2n) is 4.22. The Balaban J connectivity index is 2.49. The summed E-state index contributed by atoms with van der Waals surface area (Å²) in [6.45, 7) is 0. The maximum Gasteiger partial charge on any atom is 0.185 e. The zero-order valence-corrected chi connectivity index (χ0v) is 14.3. The van der Waals surface area contributed by atoms with Crippen LogP contribution in [0.4, 0.5) is 0 Å². The van der Waals surface area contributed by atoms with E-state index in [4.69, 9.17) is 34.8 Å². The molecule has 0 saturated heterocycles. The maximum atomic E-state index is 12.6. The summed E-state index contributed by atoms with van der Waals surface area (Å²) < 4.78 is 0.572. The van der Waals surface area contributed by atoms with Crippen LogP contribution in [-0.2, 0) is 0 Å². The second kappa shape index (κ2) is 6.81. The van der Waals surface area contributed by atoms with Gasteiger partial charge in [-0.3, -0.25) is 4.79 Å². The fourth-order valence-electron chi connectivity index (χ4n) is 1.85. The van der Waals surface area contributed by atoms with Gasteiger partial charge in [0.1, 0.15) is 5.92 Å². The van der Waals surface area contributed by atoms with Gasteiger partial charge in [-0.15, -0.1) is 0 Å². The summed E-state index contributed by atoms with van der Waals surface area (Å²) in [6.07, 6.45) is 0. The van der Waals surface area contributed by atoms with E-state index in [9.17, 15) is 10.1 Å². The van der Waals surface area contributed by atoms with Crippen LogP contribution in [-0.4, -0.2) is 5.78 Å². The highest BCUT2D eigenvalue weighted by atomic mass is 79.9. The molecule has 0 radical (unpaired) electrons. The predicted octanol–water partition coefficient (Wildman–Crippen LogP) is 5.90. The minimum atomic E-state index is -1.02. The van der Waals surface area contributed by atoms with Crippen molar-refractivity contribution in [1.82, 2.24) is 0 Å². The first-order valence-corrected chi connectivity index (χ1v) is 7.70. The van der Waals surface area contributed by atoms with Crippen molar-refractivity contribution in [2.75, 3.05) is 0 Å². The van der Waals surface area contributed by atoms with Crippen LogP contribution in [0, 0.1) is 11.3 Å². The van der Waals surface area contributed by atoms with Gasteiger partial charge in [0.05, 0.1) is 6.07 Å². The van der Waals surface area contributed by atoms with Gasteiger partial charge in [0.15, 0.2) is 5.78 Å². The van der Waals surface area contributed by atoms with Crippen molar-refractivity contribution in [3.8, 4) is 6.07 Å². The topological polar surface area (TPSA) is 40.9 Å². The molecule has 2 aromatic rings. The van der Waals surface area contributed by atoms with Gasteiger partial charge < -0.3 is 0 Å². The summed E-state index contributed by atoms with van der Waals surface area (Å²) >= 11 is 21.1. The lowest BCUT2D eigenvalue weighted by Gasteiger charge is -2.12. The summed E-state index contributed by atoms with van der Waals surface area (Å²) in [5, 5.41) is 10.5. The molecular weight excluding hydrogens is 396 g/mol. The summed E-state index contributed by atoms with van der Waals surface area (Å²) in [5.74, 6) is -1.40. The standard InChI is InChI=1S/C15H7BrCl3NO/c16-13-4-2-8(17)5-11(13)15(21)12(7-20)10-3-1-9(18)6-14(10)19/h1-6,12H. The van der Waals surface area contributed by atoms with Crippen LogP contribution >= 0.6 is 50.7 Å². The van der Waals surface area contributed by atoms with Crippen molar-refractivity contribution < 1.29 is 4.79 Å². The lowest BCUT2D eigenvalue weighted by Crippen LogP contribution is -2.12. The molecule has 2 nitrogen and oxygen atoms in total. The molecular formula is C15H7BrCl3NO. The molecule has 0 amide bonds. The van der Waals surface area contributed by atoms with E-state index in [0.717, 1.165) is 0 Å². The number of benzene rings is 2. The number of rotatable bonds is 3. The number of hydrogen-bond donors (Lipinski definition) is 0. The third kappa shape index (κ3) is 3.59. The van der Waals surface area contributed by atoms with Crippen molar-refractivity contribution in [2.24, 2.45) is 0 Å². The maximum absolute atomic E-state index is 12.6. The van der Waals surface area contributed by atoms with Crippen molar-refractivity contribution in [3.63, 3.8) is 0 Å². The van der Waals surface area contributed by atoms with Crippen LogP contribution in [0.3, 0.4) is 0 Å². The fraction of sp³-hybridized carbons (Fsp3) is 0.0667. The fourth-order valence-corrected chi connectivity index (χ4v) is 2.98. The molecule has 0 N–H and O–H groups in total. The molecule has 0 aromatic heterocycles. The SMILES string of the molecule is N#CC(C(=O)c1cc(Cl)ccc1Br)c1ccc(Cl)cc1Cl. The Bertz CT molecular complexity index is 755. The van der Waals surface area contributed by atoms with Crippen molar-refractivity contribution >= 4 is 56.5 Å². The molecule has 0 aliphatic carbocycles. The number of carbonyl (C=O) groups excluding carboxylic acids is 1. The molecule has 0 fully saturated rings. The molecule has 2 aromatic carbocycles. The minimum absolute atomic E-state index is 0.278. The van der Waals surface area contributed by atoms with Gasteiger partial charge in [0, 0.05) is 25.1 Å². The van der Waals surface area contributed by atoms with Crippen molar-refractivity contribution in [2.45, 2.75) is 5.92 Å². The zero-order chi connectivity index (χ0) is 15.6.